The van der Waals surface area contributed by atoms with Gasteiger partial charge in [0.1, 0.15) is 0 Å². The number of fused-ring (bicyclic) bond motifs is 1. The lowest BCUT2D eigenvalue weighted by Gasteiger charge is -2.30. The van der Waals surface area contributed by atoms with Crippen LogP contribution < -0.4 is 0 Å². The lowest BCUT2D eigenvalue weighted by Crippen LogP contribution is -2.33. The highest BCUT2D eigenvalue weighted by Crippen LogP contribution is 2.21. The molecule has 0 aromatic carbocycles. The molecule has 4 nitrogen and oxygen atoms in total. The van der Waals surface area contributed by atoms with Crippen molar-refractivity contribution in [3.8, 4) is 0 Å². The fraction of sp³-hybridized carbons (Fsp3) is 0.750. The molecule has 1 saturated heterocycles. The first-order valence-electron chi connectivity index (χ1n) is 6.19. The van der Waals surface area contributed by atoms with Gasteiger partial charge in [-0.25, -0.2) is 0 Å². The number of aromatic nitrogens is 2. The summed E-state index contributed by atoms with van der Waals surface area (Å²) < 4.78 is 13.7. The van der Waals surface area contributed by atoms with Gasteiger partial charge in [0.25, 0.3) is 0 Å². The molecule has 1 aromatic heterocycles. The molecule has 3 rings (SSSR count). The van der Waals surface area contributed by atoms with Gasteiger partial charge < -0.3 is 9.47 Å². The molecule has 0 bridgehead atoms. The van der Waals surface area contributed by atoms with E-state index in [1.54, 1.807) is 0 Å². The molecule has 16 heavy (non-hydrogen) atoms. The molecule has 0 N–H and O–H groups in total. The summed E-state index contributed by atoms with van der Waals surface area (Å²) in [5.41, 5.74) is 1.28. The molecule has 2 aliphatic heterocycles. The molecule has 3 heterocycles. The highest BCUT2D eigenvalue weighted by molar-refractivity contribution is 5.04. The molecular weight excluding hydrogens is 204 g/mol. The van der Waals surface area contributed by atoms with E-state index in [1.807, 2.05) is 6.20 Å². The zero-order valence-electron chi connectivity index (χ0n) is 9.47. The molecule has 1 fully saturated rings. The smallest absolute Gasteiger partial charge is 0.157 e. The maximum absolute atomic E-state index is 6.00. The van der Waals surface area contributed by atoms with Crippen LogP contribution in [0.15, 0.2) is 12.3 Å². The standard InChI is InChI=1S/C12H18N2O2/c1-2-8-15-12(3-1)16-11-5-7-14-10(9-11)4-6-13-14/h4,6,11-12H,1-3,5,7-9H2. The van der Waals surface area contributed by atoms with Crippen LogP contribution in [0.4, 0.5) is 0 Å². The van der Waals surface area contributed by atoms with Crippen LogP contribution in [-0.4, -0.2) is 28.8 Å². The highest BCUT2D eigenvalue weighted by Gasteiger charge is 2.24. The molecule has 1 aromatic rings. The van der Waals surface area contributed by atoms with E-state index < -0.39 is 0 Å². The number of hydrogen-bond donors (Lipinski definition) is 0. The van der Waals surface area contributed by atoms with Crippen LogP contribution in [-0.2, 0) is 22.4 Å². The minimum absolute atomic E-state index is 0.0354. The molecule has 0 amide bonds. The predicted octanol–water partition coefficient (Wildman–Crippen LogP) is 1.74. The average Bonchev–Trinajstić information content (AvgIpc) is 2.77. The maximum atomic E-state index is 6.00. The molecule has 2 atom stereocenters. The average molecular weight is 222 g/mol. The van der Waals surface area contributed by atoms with E-state index in [-0.39, 0.29) is 6.29 Å². The fourth-order valence-electron chi connectivity index (χ4n) is 2.49. The van der Waals surface area contributed by atoms with Crippen molar-refractivity contribution in [2.24, 2.45) is 0 Å². The van der Waals surface area contributed by atoms with Gasteiger partial charge in [-0.15, -0.1) is 0 Å². The van der Waals surface area contributed by atoms with Gasteiger partial charge in [-0.1, -0.05) is 0 Å². The van der Waals surface area contributed by atoms with E-state index in [4.69, 9.17) is 9.47 Å². The van der Waals surface area contributed by atoms with Gasteiger partial charge in [0.2, 0.25) is 0 Å². The van der Waals surface area contributed by atoms with Crippen LogP contribution >= 0.6 is 0 Å². The second kappa shape index (κ2) is 4.55. The Kier molecular flexibility index (Phi) is 2.93. The summed E-state index contributed by atoms with van der Waals surface area (Å²) in [5.74, 6) is 0. The maximum Gasteiger partial charge on any atom is 0.157 e. The molecule has 0 radical (unpaired) electrons. The van der Waals surface area contributed by atoms with Gasteiger partial charge in [0.15, 0.2) is 6.29 Å². The number of hydrogen-bond acceptors (Lipinski definition) is 3. The topological polar surface area (TPSA) is 36.3 Å². The van der Waals surface area contributed by atoms with E-state index in [9.17, 15) is 0 Å². The zero-order chi connectivity index (χ0) is 10.8. The van der Waals surface area contributed by atoms with Gasteiger partial charge in [-0.3, -0.25) is 4.68 Å². The Bertz CT molecular complexity index is 345. The Morgan fingerprint density at radius 3 is 3.25 bits per heavy atom. The largest absolute Gasteiger partial charge is 0.353 e. The van der Waals surface area contributed by atoms with Crippen LogP contribution in [0.1, 0.15) is 31.4 Å². The van der Waals surface area contributed by atoms with E-state index in [0.29, 0.717) is 6.10 Å². The van der Waals surface area contributed by atoms with E-state index in [0.717, 1.165) is 32.4 Å². The number of aryl methyl sites for hydroxylation is 1. The highest BCUT2D eigenvalue weighted by atomic mass is 16.7. The van der Waals surface area contributed by atoms with Crippen molar-refractivity contribution < 1.29 is 9.47 Å². The van der Waals surface area contributed by atoms with Crippen LogP contribution in [0.25, 0.3) is 0 Å². The van der Waals surface area contributed by atoms with Crippen molar-refractivity contribution in [1.29, 1.82) is 0 Å². The summed E-state index contributed by atoms with van der Waals surface area (Å²) in [4.78, 5) is 0. The Morgan fingerprint density at radius 2 is 2.38 bits per heavy atom. The van der Waals surface area contributed by atoms with E-state index in [2.05, 4.69) is 15.8 Å². The van der Waals surface area contributed by atoms with Crippen LogP contribution in [0.3, 0.4) is 0 Å². The van der Waals surface area contributed by atoms with Crippen LogP contribution in [0.5, 0.6) is 0 Å². The normalized spacial score (nSPS) is 30.0. The monoisotopic (exact) mass is 222 g/mol. The fourth-order valence-corrected chi connectivity index (χ4v) is 2.49. The van der Waals surface area contributed by atoms with Crippen molar-refractivity contribution in [2.45, 2.75) is 51.0 Å². The minimum Gasteiger partial charge on any atom is -0.353 e. The molecule has 88 valence electrons. The lowest BCUT2D eigenvalue weighted by atomic mass is 10.1. The quantitative estimate of drug-likeness (QED) is 0.764. The summed E-state index contributed by atoms with van der Waals surface area (Å²) in [6.07, 6.45) is 7.70. The van der Waals surface area contributed by atoms with Gasteiger partial charge in [0, 0.05) is 31.5 Å². The second-order valence-electron chi connectivity index (χ2n) is 4.59. The Balaban J connectivity index is 1.57. The summed E-state index contributed by atoms with van der Waals surface area (Å²) >= 11 is 0. The molecule has 2 unspecified atom stereocenters. The predicted molar refractivity (Wildman–Crippen MR) is 59.0 cm³/mol. The SMILES string of the molecule is c1cc2n(n1)CCC(OC1CCCCO1)C2. The van der Waals surface area contributed by atoms with E-state index >= 15 is 0 Å². The van der Waals surface area contributed by atoms with E-state index in [1.165, 1.54) is 18.5 Å². The first-order chi connectivity index (χ1) is 7.92. The summed E-state index contributed by atoms with van der Waals surface area (Å²) in [6, 6.07) is 2.08. The molecule has 0 saturated carbocycles. The summed E-state index contributed by atoms with van der Waals surface area (Å²) in [5, 5.41) is 4.27. The van der Waals surface area contributed by atoms with Gasteiger partial charge >= 0.3 is 0 Å². The number of rotatable bonds is 2. The summed E-state index contributed by atoms with van der Waals surface area (Å²) in [7, 11) is 0. The van der Waals surface area contributed by atoms with Crippen LogP contribution in [0.2, 0.25) is 0 Å². The van der Waals surface area contributed by atoms with Gasteiger partial charge in [0.05, 0.1) is 6.10 Å². The Morgan fingerprint density at radius 1 is 1.38 bits per heavy atom. The molecule has 0 spiro atoms. The Labute approximate surface area is 95.5 Å². The van der Waals surface area contributed by atoms with Gasteiger partial charge in [-0.2, -0.15) is 5.10 Å². The zero-order valence-corrected chi connectivity index (χ0v) is 9.47. The first kappa shape index (κ1) is 10.3. The molecule has 4 heteroatoms. The number of nitrogens with zero attached hydrogens (tertiary/aromatic N) is 2. The third-order valence-corrected chi connectivity index (χ3v) is 3.39. The summed E-state index contributed by atoms with van der Waals surface area (Å²) in [6.45, 7) is 1.83. The Hall–Kier alpha value is -0.870. The lowest BCUT2D eigenvalue weighted by molar-refractivity contribution is -0.191. The molecule has 0 aliphatic carbocycles. The van der Waals surface area contributed by atoms with Crippen molar-refractivity contribution in [1.82, 2.24) is 9.78 Å². The van der Waals surface area contributed by atoms with Crippen molar-refractivity contribution >= 4 is 0 Å². The number of ether oxygens (including phenoxy) is 2. The third kappa shape index (κ3) is 2.13. The van der Waals surface area contributed by atoms with Crippen molar-refractivity contribution in [3.05, 3.63) is 18.0 Å². The molecular formula is C12H18N2O2. The van der Waals surface area contributed by atoms with Crippen molar-refractivity contribution in [3.63, 3.8) is 0 Å². The molecule has 2 aliphatic rings. The third-order valence-electron chi connectivity index (χ3n) is 3.39. The first-order valence-corrected chi connectivity index (χ1v) is 6.19. The van der Waals surface area contributed by atoms with Crippen molar-refractivity contribution in [2.75, 3.05) is 6.61 Å². The van der Waals surface area contributed by atoms with Crippen LogP contribution in [0, 0.1) is 0 Å². The minimum atomic E-state index is 0.0354. The second-order valence-corrected chi connectivity index (χ2v) is 4.59. The van der Waals surface area contributed by atoms with Gasteiger partial charge in [-0.05, 0) is 31.7 Å².